The summed E-state index contributed by atoms with van der Waals surface area (Å²) in [5.74, 6) is 1.32. The van der Waals surface area contributed by atoms with Gasteiger partial charge >= 0.3 is 0 Å². The third-order valence-corrected chi connectivity index (χ3v) is 4.01. The van der Waals surface area contributed by atoms with E-state index >= 15 is 0 Å². The number of nitrogens with two attached hydrogens (primary N) is 1. The van der Waals surface area contributed by atoms with Crippen molar-refractivity contribution < 1.29 is 0 Å². The van der Waals surface area contributed by atoms with Gasteiger partial charge in [-0.3, -0.25) is 0 Å². The zero-order valence-corrected chi connectivity index (χ0v) is 11.4. The molecule has 2 unspecified atom stereocenters. The highest BCUT2D eigenvalue weighted by atomic mass is 32.1. The molecule has 0 bridgehead atoms. The minimum Gasteiger partial charge on any atom is -0.328 e. The van der Waals surface area contributed by atoms with E-state index in [1.54, 1.807) is 11.3 Å². The Balaban J connectivity index is 2.01. The first-order chi connectivity index (χ1) is 8.08. The van der Waals surface area contributed by atoms with E-state index in [2.05, 4.69) is 29.1 Å². The monoisotopic (exact) mass is 253 g/mol. The highest BCUT2D eigenvalue weighted by molar-refractivity contribution is 7.16. The van der Waals surface area contributed by atoms with Crippen molar-refractivity contribution in [2.75, 3.05) is 0 Å². The number of rotatable bonds is 5. The number of aryl methyl sites for hydroxylation is 1. The molecule has 0 fully saturated rings. The summed E-state index contributed by atoms with van der Waals surface area (Å²) in [6.07, 6.45) is 3.36. The van der Waals surface area contributed by atoms with Crippen LogP contribution in [0.1, 0.15) is 49.9 Å². The largest absolute Gasteiger partial charge is 0.328 e. The Hall–Kier alpha value is -1.01. The Labute approximate surface area is 105 Å². The summed E-state index contributed by atoms with van der Waals surface area (Å²) in [5, 5.41) is 13.8. The van der Waals surface area contributed by atoms with Crippen molar-refractivity contribution in [3.05, 3.63) is 10.8 Å². The second kappa shape index (κ2) is 5.10. The van der Waals surface area contributed by atoms with Gasteiger partial charge in [0.25, 0.3) is 0 Å². The number of aromatic nitrogens is 4. The second-order valence-corrected chi connectivity index (χ2v) is 5.68. The van der Waals surface area contributed by atoms with Crippen LogP contribution >= 0.6 is 11.3 Å². The molecule has 0 aliphatic rings. The Morgan fingerprint density at radius 1 is 1.29 bits per heavy atom. The third-order valence-electron chi connectivity index (χ3n) is 2.88. The van der Waals surface area contributed by atoms with Crippen LogP contribution in [-0.4, -0.2) is 25.9 Å². The van der Waals surface area contributed by atoms with Gasteiger partial charge in [-0.25, -0.2) is 0 Å². The number of hydrogen-bond donors (Lipinski definition) is 1. The van der Waals surface area contributed by atoms with Gasteiger partial charge in [0.15, 0.2) is 5.82 Å². The molecule has 6 heteroatoms. The zero-order valence-electron chi connectivity index (χ0n) is 10.6. The molecule has 2 aromatic heterocycles. The molecule has 0 radical (unpaired) electrons. The highest BCUT2D eigenvalue weighted by Crippen LogP contribution is 2.26. The average Bonchev–Trinajstić information content (AvgIpc) is 2.81. The molecule has 0 saturated heterocycles. The Morgan fingerprint density at radius 2 is 2.06 bits per heavy atom. The molecule has 0 aromatic carbocycles. The SMILES string of the molecule is Cc1nnc2sc(C(C)CCCC(C)N)nn12. The molecule has 0 saturated carbocycles. The molecule has 2 heterocycles. The van der Waals surface area contributed by atoms with Crippen molar-refractivity contribution in [2.24, 2.45) is 5.73 Å². The van der Waals surface area contributed by atoms with Crippen LogP contribution in [0.15, 0.2) is 0 Å². The van der Waals surface area contributed by atoms with Gasteiger partial charge < -0.3 is 5.73 Å². The van der Waals surface area contributed by atoms with Crippen LogP contribution in [0, 0.1) is 6.92 Å². The van der Waals surface area contributed by atoms with Crippen LogP contribution in [0.5, 0.6) is 0 Å². The molecule has 2 atom stereocenters. The lowest BCUT2D eigenvalue weighted by atomic mass is 10.0. The Bertz CT molecular complexity index is 487. The normalized spacial score (nSPS) is 15.3. The molecule has 0 spiro atoms. The molecule has 94 valence electrons. The molecule has 0 amide bonds. The predicted octanol–water partition coefficient (Wildman–Crippen LogP) is 2.12. The van der Waals surface area contributed by atoms with Crippen molar-refractivity contribution in [3.63, 3.8) is 0 Å². The van der Waals surface area contributed by atoms with Crippen molar-refractivity contribution in [3.8, 4) is 0 Å². The van der Waals surface area contributed by atoms with Crippen LogP contribution in [-0.2, 0) is 0 Å². The summed E-state index contributed by atoms with van der Waals surface area (Å²) in [5.41, 5.74) is 5.75. The fourth-order valence-corrected chi connectivity index (χ4v) is 2.77. The van der Waals surface area contributed by atoms with Crippen LogP contribution in [0.3, 0.4) is 0 Å². The van der Waals surface area contributed by atoms with Crippen molar-refractivity contribution in [1.29, 1.82) is 0 Å². The Morgan fingerprint density at radius 3 is 2.71 bits per heavy atom. The minimum absolute atomic E-state index is 0.294. The van der Waals surface area contributed by atoms with Gasteiger partial charge in [-0.1, -0.05) is 24.7 Å². The maximum Gasteiger partial charge on any atom is 0.234 e. The standard InChI is InChI=1S/C11H19N5S/c1-7(5-4-6-8(2)12)10-15-16-9(3)13-14-11(16)17-10/h7-8H,4-6,12H2,1-3H3. The first-order valence-corrected chi connectivity index (χ1v) is 6.84. The minimum atomic E-state index is 0.294. The molecular weight excluding hydrogens is 234 g/mol. The predicted molar refractivity (Wildman–Crippen MR) is 69.3 cm³/mol. The van der Waals surface area contributed by atoms with E-state index in [0.29, 0.717) is 12.0 Å². The van der Waals surface area contributed by atoms with Gasteiger partial charge in [0, 0.05) is 12.0 Å². The number of fused-ring (bicyclic) bond motifs is 1. The lowest BCUT2D eigenvalue weighted by Gasteiger charge is -2.08. The van der Waals surface area contributed by atoms with Crippen molar-refractivity contribution in [1.82, 2.24) is 19.8 Å². The molecule has 17 heavy (non-hydrogen) atoms. The molecule has 0 aliphatic carbocycles. The zero-order chi connectivity index (χ0) is 12.4. The number of nitrogens with zero attached hydrogens (tertiary/aromatic N) is 4. The smallest absolute Gasteiger partial charge is 0.234 e. The van der Waals surface area contributed by atoms with E-state index in [0.717, 1.165) is 35.1 Å². The van der Waals surface area contributed by atoms with E-state index < -0.39 is 0 Å². The lowest BCUT2D eigenvalue weighted by molar-refractivity contribution is 0.552. The summed E-state index contributed by atoms with van der Waals surface area (Å²) >= 11 is 1.63. The average molecular weight is 253 g/mol. The fourth-order valence-electron chi connectivity index (χ4n) is 1.80. The van der Waals surface area contributed by atoms with E-state index in [-0.39, 0.29) is 0 Å². The fraction of sp³-hybridized carbons (Fsp3) is 0.727. The molecule has 5 nitrogen and oxygen atoms in total. The first kappa shape index (κ1) is 12.4. The topological polar surface area (TPSA) is 69.1 Å². The van der Waals surface area contributed by atoms with Crippen LogP contribution < -0.4 is 5.73 Å². The quantitative estimate of drug-likeness (QED) is 0.886. The Kier molecular flexibility index (Phi) is 3.73. The van der Waals surface area contributed by atoms with Gasteiger partial charge in [0.05, 0.1) is 0 Å². The van der Waals surface area contributed by atoms with Gasteiger partial charge in [-0.2, -0.15) is 9.61 Å². The van der Waals surface area contributed by atoms with E-state index in [1.807, 2.05) is 11.4 Å². The summed E-state index contributed by atoms with van der Waals surface area (Å²) in [6, 6.07) is 0.294. The molecule has 2 N–H and O–H groups in total. The maximum absolute atomic E-state index is 5.75. The molecular formula is C11H19N5S. The first-order valence-electron chi connectivity index (χ1n) is 6.02. The summed E-state index contributed by atoms with van der Waals surface area (Å²) in [4.78, 5) is 0.886. The number of hydrogen-bond acceptors (Lipinski definition) is 5. The van der Waals surface area contributed by atoms with Gasteiger partial charge in [0.1, 0.15) is 5.01 Å². The van der Waals surface area contributed by atoms with E-state index in [4.69, 9.17) is 5.73 Å². The van der Waals surface area contributed by atoms with Crippen molar-refractivity contribution >= 4 is 16.3 Å². The summed E-state index contributed by atoms with van der Waals surface area (Å²) in [6.45, 7) is 6.18. The van der Waals surface area contributed by atoms with Gasteiger partial charge in [-0.15, -0.1) is 10.2 Å². The summed E-state index contributed by atoms with van der Waals surface area (Å²) in [7, 11) is 0. The summed E-state index contributed by atoms with van der Waals surface area (Å²) < 4.78 is 1.82. The van der Waals surface area contributed by atoms with E-state index in [9.17, 15) is 0 Å². The second-order valence-electron chi connectivity index (χ2n) is 4.69. The van der Waals surface area contributed by atoms with Crippen LogP contribution in [0.4, 0.5) is 0 Å². The maximum atomic E-state index is 5.75. The van der Waals surface area contributed by atoms with Crippen molar-refractivity contribution in [2.45, 2.75) is 52.0 Å². The third kappa shape index (κ3) is 2.81. The van der Waals surface area contributed by atoms with E-state index in [1.165, 1.54) is 0 Å². The molecule has 0 aliphatic heterocycles. The highest BCUT2D eigenvalue weighted by Gasteiger charge is 2.14. The van der Waals surface area contributed by atoms with Crippen LogP contribution in [0.2, 0.25) is 0 Å². The molecule has 2 rings (SSSR count). The van der Waals surface area contributed by atoms with Gasteiger partial charge in [0.2, 0.25) is 4.96 Å². The van der Waals surface area contributed by atoms with Crippen LogP contribution in [0.25, 0.3) is 4.96 Å². The van der Waals surface area contributed by atoms with Gasteiger partial charge in [-0.05, 0) is 26.7 Å². The molecule has 2 aromatic rings. The lowest BCUT2D eigenvalue weighted by Crippen LogP contribution is -2.14.